The van der Waals surface area contributed by atoms with Crippen molar-refractivity contribution in [3.63, 3.8) is 0 Å². The molecule has 0 unspecified atom stereocenters. The Balaban J connectivity index is 1.43. The molecule has 0 saturated carbocycles. The standard InChI is InChI=1S/C15H16N6O3/c22-12(9-21-11-4-2-1-3-10(11)18-19-21)20-7-5-15(6-8-20)13(23)16-14(24)17-15/h1-4H,5-9H2,(H2,16,17,23,24). The number of para-hydroxylation sites is 1. The minimum atomic E-state index is -0.867. The number of piperidine rings is 1. The van der Waals surface area contributed by atoms with Crippen molar-refractivity contribution in [1.82, 2.24) is 30.5 Å². The quantitative estimate of drug-likeness (QED) is 0.731. The van der Waals surface area contributed by atoms with Crippen LogP contribution in [0.5, 0.6) is 0 Å². The number of amides is 4. The lowest BCUT2D eigenvalue weighted by Gasteiger charge is -2.36. The van der Waals surface area contributed by atoms with E-state index in [0.717, 1.165) is 11.0 Å². The molecule has 4 rings (SSSR count). The van der Waals surface area contributed by atoms with E-state index in [0.29, 0.717) is 25.9 Å². The summed E-state index contributed by atoms with van der Waals surface area (Å²) in [6.45, 7) is 0.935. The predicted octanol–water partition coefficient (Wildman–Crippen LogP) is -0.368. The molecule has 2 saturated heterocycles. The van der Waals surface area contributed by atoms with Crippen LogP contribution in [0, 0.1) is 0 Å². The Bertz CT molecular complexity index is 837. The summed E-state index contributed by atoms with van der Waals surface area (Å²) in [7, 11) is 0. The van der Waals surface area contributed by atoms with Crippen LogP contribution in [0.25, 0.3) is 11.0 Å². The van der Waals surface area contributed by atoms with Crippen LogP contribution in [-0.2, 0) is 16.1 Å². The van der Waals surface area contributed by atoms with E-state index in [1.165, 1.54) is 0 Å². The topological polar surface area (TPSA) is 109 Å². The van der Waals surface area contributed by atoms with E-state index >= 15 is 0 Å². The van der Waals surface area contributed by atoms with Crippen molar-refractivity contribution in [2.24, 2.45) is 0 Å². The number of hydrogen-bond donors (Lipinski definition) is 2. The largest absolute Gasteiger partial charge is 0.341 e. The molecule has 0 radical (unpaired) electrons. The lowest BCUT2D eigenvalue weighted by atomic mass is 9.88. The minimum absolute atomic E-state index is 0.0785. The number of hydrogen-bond acceptors (Lipinski definition) is 5. The Labute approximate surface area is 137 Å². The maximum absolute atomic E-state index is 12.5. The average Bonchev–Trinajstić information content (AvgIpc) is 3.10. The number of carbonyl (C=O) groups excluding carboxylic acids is 3. The molecule has 24 heavy (non-hydrogen) atoms. The Hall–Kier alpha value is -2.97. The summed E-state index contributed by atoms with van der Waals surface area (Å²) >= 11 is 0. The number of urea groups is 1. The molecule has 1 aromatic heterocycles. The molecule has 3 heterocycles. The molecule has 2 N–H and O–H groups in total. The molecule has 2 aromatic rings. The summed E-state index contributed by atoms with van der Waals surface area (Å²) < 4.78 is 1.58. The van der Waals surface area contributed by atoms with Gasteiger partial charge in [-0.25, -0.2) is 9.48 Å². The van der Waals surface area contributed by atoms with E-state index < -0.39 is 11.6 Å². The highest BCUT2D eigenvalue weighted by Gasteiger charge is 2.48. The molecular formula is C15H16N6O3. The molecule has 1 spiro atoms. The molecule has 2 aliphatic rings. The van der Waals surface area contributed by atoms with Crippen molar-refractivity contribution in [3.05, 3.63) is 24.3 Å². The van der Waals surface area contributed by atoms with E-state index in [2.05, 4.69) is 20.9 Å². The smallest absolute Gasteiger partial charge is 0.322 e. The summed E-state index contributed by atoms with van der Waals surface area (Å²) in [6.07, 6.45) is 0.822. The molecule has 0 atom stereocenters. The number of fused-ring (bicyclic) bond motifs is 1. The summed E-state index contributed by atoms with van der Waals surface area (Å²) in [6, 6.07) is 6.99. The minimum Gasteiger partial charge on any atom is -0.341 e. The van der Waals surface area contributed by atoms with Crippen LogP contribution in [0.3, 0.4) is 0 Å². The van der Waals surface area contributed by atoms with Gasteiger partial charge in [0, 0.05) is 13.1 Å². The molecule has 124 valence electrons. The van der Waals surface area contributed by atoms with Crippen LogP contribution in [0.1, 0.15) is 12.8 Å². The first-order chi connectivity index (χ1) is 11.6. The molecule has 9 nitrogen and oxygen atoms in total. The Morgan fingerprint density at radius 2 is 1.96 bits per heavy atom. The van der Waals surface area contributed by atoms with Gasteiger partial charge in [-0.3, -0.25) is 14.9 Å². The maximum atomic E-state index is 12.5. The van der Waals surface area contributed by atoms with Crippen LogP contribution in [0.15, 0.2) is 24.3 Å². The van der Waals surface area contributed by atoms with Crippen molar-refractivity contribution in [3.8, 4) is 0 Å². The number of likely N-dealkylation sites (tertiary alicyclic amines) is 1. The van der Waals surface area contributed by atoms with Gasteiger partial charge in [0.15, 0.2) is 0 Å². The highest BCUT2D eigenvalue weighted by Crippen LogP contribution is 2.25. The highest BCUT2D eigenvalue weighted by molar-refractivity contribution is 6.07. The van der Waals surface area contributed by atoms with Gasteiger partial charge < -0.3 is 10.2 Å². The summed E-state index contributed by atoms with van der Waals surface area (Å²) in [4.78, 5) is 37.5. The number of nitrogens with zero attached hydrogens (tertiary/aromatic N) is 4. The third-order valence-electron chi connectivity index (χ3n) is 4.69. The number of nitrogens with one attached hydrogen (secondary N) is 2. The first kappa shape index (κ1) is 14.6. The number of carbonyl (C=O) groups is 3. The lowest BCUT2D eigenvalue weighted by molar-refractivity contribution is -0.136. The van der Waals surface area contributed by atoms with E-state index in [9.17, 15) is 14.4 Å². The molecule has 0 bridgehead atoms. The highest BCUT2D eigenvalue weighted by atomic mass is 16.2. The molecule has 9 heteroatoms. The van der Waals surface area contributed by atoms with Crippen molar-refractivity contribution in [2.75, 3.05) is 13.1 Å². The first-order valence-corrected chi connectivity index (χ1v) is 7.77. The second-order valence-electron chi connectivity index (χ2n) is 6.11. The van der Waals surface area contributed by atoms with Gasteiger partial charge in [0.25, 0.3) is 5.91 Å². The number of imide groups is 1. The van der Waals surface area contributed by atoms with Gasteiger partial charge in [-0.15, -0.1) is 5.10 Å². The van der Waals surface area contributed by atoms with Crippen molar-refractivity contribution >= 4 is 28.9 Å². The molecule has 2 aliphatic heterocycles. The monoisotopic (exact) mass is 328 g/mol. The summed E-state index contributed by atoms with van der Waals surface area (Å²) in [5, 5.41) is 13.0. The van der Waals surface area contributed by atoms with Gasteiger partial charge in [-0.05, 0) is 25.0 Å². The average molecular weight is 328 g/mol. The SMILES string of the molecule is O=C1NC(=O)C2(CCN(C(=O)Cn3nnc4ccccc43)CC2)N1. The maximum Gasteiger partial charge on any atom is 0.322 e. The van der Waals surface area contributed by atoms with E-state index in [1.807, 2.05) is 24.3 Å². The molecule has 2 fully saturated rings. The van der Waals surface area contributed by atoms with Gasteiger partial charge in [0.1, 0.15) is 17.6 Å². The van der Waals surface area contributed by atoms with Crippen molar-refractivity contribution in [2.45, 2.75) is 24.9 Å². The lowest BCUT2D eigenvalue weighted by Crippen LogP contribution is -2.56. The Kier molecular flexibility index (Phi) is 3.22. The van der Waals surface area contributed by atoms with Crippen LogP contribution in [0.2, 0.25) is 0 Å². The van der Waals surface area contributed by atoms with Gasteiger partial charge in [-0.1, -0.05) is 17.3 Å². The van der Waals surface area contributed by atoms with E-state index in [4.69, 9.17) is 0 Å². The van der Waals surface area contributed by atoms with Crippen LogP contribution >= 0.6 is 0 Å². The van der Waals surface area contributed by atoms with Crippen LogP contribution in [-0.4, -0.2) is 56.4 Å². The summed E-state index contributed by atoms with van der Waals surface area (Å²) in [5.41, 5.74) is 0.684. The van der Waals surface area contributed by atoms with Gasteiger partial charge in [0.05, 0.1) is 5.52 Å². The fraction of sp³-hybridized carbons (Fsp3) is 0.400. The number of rotatable bonds is 2. The molecule has 1 aromatic carbocycles. The Morgan fingerprint density at radius 3 is 2.67 bits per heavy atom. The van der Waals surface area contributed by atoms with E-state index in [-0.39, 0.29) is 18.4 Å². The van der Waals surface area contributed by atoms with Gasteiger partial charge in [-0.2, -0.15) is 0 Å². The zero-order chi connectivity index (χ0) is 16.7. The van der Waals surface area contributed by atoms with Gasteiger partial charge in [0.2, 0.25) is 5.91 Å². The second-order valence-corrected chi connectivity index (χ2v) is 6.11. The zero-order valence-electron chi connectivity index (χ0n) is 12.9. The first-order valence-electron chi connectivity index (χ1n) is 7.77. The summed E-state index contributed by atoms with van der Waals surface area (Å²) in [5.74, 6) is -0.382. The predicted molar refractivity (Wildman–Crippen MR) is 82.7 cm³/mol. The number of benzene rings is 1. The van der Waals surface area contributed by atoms with Crippen molar-refractivity contribution in [1.29, 1.82) is 0 Å². The fourth-order valence-corrected chi connectivity index (χ4v) is 3.28. The Morgan fingerprint density at radius 1 is 1.21 bits per heavy atom. The normalized spacial score (nSPS) is 19.6. The second kappa shape index (κ2) is 5.29. The van der Waals surface area contributed by atoms with E-state index in [1.54, 1.807) is 9.58 Å². The molecule has 4 amide bonds. The fourth-order valence-electron chi connectivity index (χ4n) is 3.28. The van der Waals surface area contributed by atoms with Crippen LogP contribution < -0.4 is 10.6 Å². The number of aromatic nitrogens is 3. The third kappa shape index (κ3) is 2.29. The molecular weight excluding hydrogens is 312 g/mol. The van der Waals surface area contributed by atoms with Crippen LogP contribution in [0.4, 0.5) is 4.79 Å². The van der Waals surface area contributed by atoms with Crippen molar-refractivity contribution < 1.29 is 14.4 Å². The zero-order valence-corrected chi connectivity index (χ0v) is 12.9. The van der Waals surface area contributed by atoms with Gasteiger partial charge >= 0.3 is 6.03 Å². The molecule has 0 aliphatic carbocycles. The third-order valence-corrected chi connectivity index (χ3v) is 4.69.